The number of nitrogens with zero attached hydrogens (tertiary/aromatic N) is 2. The zero-order valence-corrected chi connectivity index (χ0v) is 20.3. The Morgan fingerprint density at radius 3 is 2.49 bits per heavy atom. The van der Waals surface area contributed by atoms with E-state index in [2.05, 4.69) is 10.6 Å². The van der Waals surface area contributed by atoms with Gasteiger partial charge in [-0.1, -0.05) is 27.7 Å². The molecule has 1 aliphatic heterocycles. The highest BCUT2D eigenvalue weighted by Gasteiger charge is 2.56. The standard InChI is InChI=1S/C24H31F3N4O4/c1-5-8-30(11-17(32)28-16-7-6-15(25)19(26)20(16)27)18(33)12-31-21(34)24(29-22(31)35)10-14(2)9-23(3,4)13-24/h6-7,14H,5,8-13H2,1-4H3,(H,28,32)(H,29,35)/t14-,24+/m1/s1. The molecule has 8 nitrogen and oxygen atoms in total. The molecule has 0 bridgehead atoms. The SMILES string of the molecule is CCCN(CC(=O)Nc1ccc(F)c(F)c1F)C(=O)CN1C(=O)N[C@]2(C[C@H](C)CC(C)(C)C2)C1=O. The van der Waals surface area contributed by atoms with Crippen LogP contribution in [0.25, 0.3) is 0 Å². The molecule has 1 aromatic rings. The van der Waals surface area contributed by atoms with E-state index in [0.29, 0.717) is 25.3 Å². The highest BCUT2D eigenvalue weighted by molar-refractivity contribution is 6.09. The molecule has 2 N–H and O–H groups in total. The number of anilines is 1. The smallest absolute Gasteiger partial charge is 0.325 e. The molecule has 1 heterocycles. The van der Waals surface area contributed by atoms with Crippen LogP contribution in [0.3, 0.4) is 0 Å². The van der Waals surface area contributed by atoms with Crippen molar-refractivity contribution in [2.24, 2.45) is 11.3 Å². The van der Waals surface area contributed by atoms with Gasteiger partial charge in [0.2, 0.25) is 11.8 Å². The van der Waals surface area contributed by atoms with E-state index in [1.807, 2.05) is 20.8 Å². The van der Waals surface area contributed by atoms with Gasteiger partial charge in [-0.2, -0.15) is 0 Å². The minimum atomic E-state index is -1.73. The Bertz CT molecular complexity index is 1050. The Labute approximate surface area is 202 Å². The molecular formula is C24H31F3N4O4. The quantitative estimate of drug-likeness (QED) is 0.446. The van der Waals surface area contributed by atoms with Gasteiger partial charge in [0.25, 0.3) is 5.91 Å². The average molecular weight is 497 g/mol. The predicted molar refractivity (Wildman–Crippen MR) is 122 cm³/mol. The predicted octanol–water partition coefficient (Wildman–Crippen LogP) is 3.42. The summed E-state index contributed by atoms with van der Waals surface area (Å²) in [6, 6.07) is 0.888. The summed E-state index contributed by atoms with van der Waals surface area (Å²) < 4.78 is 40.4. The first kappa shape index (κ1) is 26.5. The first-order chi connectivity index (χ1) is 16.3. The van der Waals surface area contributed by atoms with E-state index in [0.717, 1.165) is 22.3 Å². The lowest BCUT2D eigenvalue weighted by Crippen LogP contribution is -2.54. The van der Waals surface area contributed by atoms with Crippen molar-refractivity contribution in [2.75, 3.05) is 25.0 Å². The number of urea groups is 1. The summed E-state index contributed by atoms with van der Waals surface area (Å²) in [5, 5.41) is 4.92. The number of imide groups is 1. The number of halogens is 3. The van der Waals surface area contributed by atoms with Crippen LogP contribution < -0.4 is 10.6 Å². The number of nitrogens with one attached hydrogen (secondary N) is 2. The number of hydrogen-bond acceptors (Lipinski definition) is 4. The molecule has 3 rings (SSSR count). The largest absolute Gasteiger partial charge is 0.332 e. The third-order valence-electron chi connectivity index (χ3n) is 6.41. The van der Waals surface area contributed by atoms with Gasteiger partial charge >= 0.3 is 6.03 Å². The molecule has 11 heteroatoms. The lowest BCUT2D eigenvalue weighted by molar-refractivity contribution is -0.141. The molecule has 2 aliphatic rings. The number of carbonyl (C=O) groups excluding carboxylic acids is 4. The fraction of sp³-hybridized carbons (Fsp3) is 0.583. The topological polar surface area (TPSA) is 98.8 Å². The molecule has 2 fully saturated rings. The Kier molecular flexibility index (Phi) is 7.47. The molecule has 1 saturated heterocycles. The van der Waals surface area contributed by atoms with E-state index in [1.54, 1.807) is 6.92 Å². The first-order valence-corrected chi connectivity index (χ1v) is 11.6. The lowest BCUT2D eigenvalue weighted by Gasteiger charge is -2.43. The molecule has 35 heavy (non-hydrogen) atoms. The fourth-order valence-corrected chi connectivity index (χ4v) is 5.43. The van der Waals surface area contributed by atoms with Crippen LogP contribution in [0.15, 0.2) is 12.1 Å². The van der Waals surface area contributed by atoms with Crippen molar-refractivity contribution >= 4 is 29.4 Å². The number of benzene rings is 1. The molecule has 192 valence electrons. The molecule has 1 aromatic carbocycles. The number of hydrogen-bond donors (Lipinski definition) is 2. The van der Waals surface area contributed by atoms with Crippen molar-refractivity contribution < 1.29 is 32.3 Å². The van der Waals surface area contributed by atoms with Gasteiger partial charge in [-0.15, -0.1) is 0 Å². The van der Waals surface area contributed by atoms with Crippen LogP contribution in [0.2, 0.25) is 0 Å². The van der Waals surface area contributed by atoms with Crippen LogP contribution in [-0.2, 0) is 14.4 Å². The molecule has 0 aromatic heterocycles. The van der Waals surface area contributed by atoms with Gasteiger partial charge < -0.3 is 15.5 Å². The maximum atomic E-state index is 13.9. The van der Waals surface area contributed by atoms with Gasteiger partial charge in [0.05, 0.1) is 12.2 Å². The monoisotopic (exact) mass is 496 g/mol. The van der Waals surface area contributed by atoms with Crippen LogP contribution in [0, 0.1) is 28.8 Å². The van der Waals surface area contributed by atoms with Crippen molar-refractivity contribution in [2.45, 2.75) is 58.9 Å². The number of rotatable bonds is 7. The zero-order valence-electron chi connectivity index (χ0n) is 20.3. The molecule has 0 radical (unpaired) electrons. The van der Waals surface area contributed by atoms with E-state index in [9.17, 15) is 32.3 Å². The van der Waals surface area contributed by atoms with Crippen LogP contribution in [-0.4, -0.2) is 58.7 Å². The molecule has 2 atom stereocenters. The van der Waals surface area contributed by atoms with Gasteiger partial charge in [0.1, 0.15) is 12.1 Å². The Hall–Kier alpha value is -3.11. The minimum Gasteiger partial charge on any atom is -0.332 e. The third kappa shape index (κ3) is 5.59. The van der Waals surface area contributed by atoms with Crippen molar-refractivity contribution in [3.8, 4) is 0 Å². The molecule has 1 saturated carbocycles. The van der Waals surface area contributed by atoms with E-state index in [4.69, 9.17) is 0 Å². The summed E-state index contributed by atoms with van der Waals surface area (Å²) in [6.07, 6.45) is 2.32. The molecule has 5 amide bonds. The summed E-state index contributed by atoms with van der Waals surface area (Å²) in [5.74, 6) is -6.41. The van der Waals surface area contributed by atoms with Gasteiger partial charge in [-0.25, -0.2) is 18.0 Å². The van der Waals surface area contributed by atoms with Crippen LogP contribution in [0.4, 0.5) is 23.7 Å². The van der Waals surface area contributed by atoms with Crippen LogP contribution in [0.1, 0.15) is 53.4 Å². The van der Waals surface area contributed by atoms with E-state index < -0.39 is 65.5 Å². The summed E-state index contributed by atoms with van der Waals surface area (Å²) >= 11 is 0. The van der Waals surface area contributed by atoms with Crippen molar-refractivity contribution in [3.63, 3.8) is 0 Å². The van der Waals surface area contributed by atoms with Crippen molar-refractivity contribution in [1.29, 1.82) is 0 Å². The number of amides is 5. The van der Waals surface area contributed by atoms with Crippen molar-refractivity contribution in [1.82, 2.24) is 15.1 Å². The fourth-order valence-electron chi connectivity index (χ4n) is 5.43. The van der Waals surface area contributed by atoms with E-state index >= 15 is 0 Å². The second kappa shape index (κ2) is 9.87. The summed E-state index contributed by atoms with van der Waals surface area (Å²) in [5.41, 5.74) is -1.79. The molecular weight excluding hydrogens is 465 g/mol. The Morgan fingerprint density at radius 1 is 1.17 bits per heavy atom. The summed E-state index contributed by atoms with van der Waals surface area (Å²) in [4.78, 5) is 53.4. The first-order valence-electron chi connectivity index (χ1n) is 11.6. The van der Waals surface area contributed by atoms with Gasteiger partial charge in [0.15, 0.2) is 17.5 Å². The summed E-state index contributed by atoms with van der Waals surface area (Å²) in [7, 11) is 0. The summed E-state index contributed by atoms with van der Waals surface area (Å²) in [6.45, 7) is 6.92. The van der Waals surface area contributed by atoms with Gasteiger partial charge in [-0.05, 0) is 49.1 Å². The van der Waals surface area contributed by atoms with Gasteiger partial charge in [0, 0.05) is 6.54 Å². The molecule has 1 aliphatic carbocycles. The zero-order chi connectivity index (χ0) is 26.1. The minimum absolute atomic E-state index is 0.130. The highest BCUT2D eigenvalue weighted by atomic mass is 19.2. The van der Waals surface area contributed by atoms with Gasteiger partial charge in [-0.3, -0.25) is 19.3 Å². The molecule has 0 unspecified atom stereocenters. The van der Waals surface area contributed by atoms with Crippen molar-refractivity contribution in [3.05, 3.63) is 29.6 Å². The lowest BCUT2D eigenvalue weighted by atomic mass is 9.64. The Morgan fingerprint density at radius 2 is 1.86 bits per heavy atom. The second-order valence-corrected chi connectivity index (χ2v) is 10.3. The highest BCUT2D eigenvalue weighted by Crippen LogP contribution is 2.46. The number of carbonyl (C=O) groups is 4. The second-order valence-electron chi connectivity index (χ2n) is 10.3. The Balaban J connectivity index is 1.69. The third-order valence-corrected chi connectivity index (χ3v) is 6.41. The normalized spacial score (nSPS) is 23.4. The maximum Gasteiger partial charge on any atom is 0.325 e. The molecule has 1 spiro atoms. The van der Waals surface area contributed by atoms with Crippen LogP contribution in [0.5, 0.6) is 0 Å². The van der Waals surface area contributed by atoms with E-state index in [1.165, 1.54) is 0 Å². The average Bonchev–Trinajstić information content (AvgIpc) is 2.95. The van der Waals surface area contributed by atoms with Crippen LogP contribution >= 0.6 is 0 Å². The maximum absolute atomic E-state index is 13.9. The van der Waals surface area contributed by atoms with E-state index in [-0.39, 0.29) is 17.9 Å².